The van der Waals surface area contributed by atoms with Gasteiger partial charge in [0.2, 0.25) is 0 Å². The van der Waals surface area contributed by atoms with E-state index in [-0.39, 0.29) is 5.97 Å². The van der Waals surface area contributed by atoms with E-state index in [1.807, 2.05) is 0 Å². The maximum Gasteiger partial charge on any atom is 0.330 e. The molecule has 0 amide bonds. The molecule has 0 saturated heterocycles. The van der Waals surface area contributed by atoms with Crippen LogP contribution in [0.5, 0.6) is 0 Å². The molecule has 0 aromatic carbocycles. The van der Waals surface area contributed by atoms with Crippen molar-refractivity contribution in [3.05, 3.63) is 12.7 Å². The predicted octanol–water partition coefficient (Wildman–Crippen LogP) is 2.70. The molecule has 0 aromatic heterocycles. The number of unbranched alkanes of at least 4 members (excludes halogenated alkanes) is 1. The Kier molecular flexibility index (Phi) is 9.18. The third kappa shape index (κ3) is 9.47. The lowest BCUT2D eigenvalue weighted by Crippen LogP contribution is -2.11. The first kappa shape index (κ1) is 14.2. The van der Waals surface area contributed by atoms with Gasteiger partial charge in [-0.05, 0) is 13.3 Å². The molecule has 0 aliphatic heterocycles. The molecule has 0 aliphatic rings. The zero-order valence-electron chi connectivity index (χ0n) is 9.83. The highest BCUT2D eigenvalue weighted by atomic mass is 16.5. The van der Waals surface area contributed by atoms with Crippen LogP contribution in [0.1, 0.15) is 39.5 Å². The van der Waals surface area contributed by atoms with Crippen LogP contribution in [0, 0.1) is 0 Å². The van der Waals surface area contributed by atoms with E-state index in [0.717, 1.165) is 12.8 Å². The van der Waals surface area contributed by atoms with E-state index in [1.54, 1.807) is 0 Å². The number of ether oxygens (including phenoxy) is 2. The Bertz CT molecular complexity index is 178. The third-order valence-electron chi connectivity index (χ3n) is 2.07. The lowest BCUT2D eigenvalue weighted by molar-refractivity contribution is -0.138. The van der Waals surface area contributed by atoms with Crippen molar-refractivity contribution in [3.8, 4) is 0 Å². The highest BCUT2D eigenvalue weighted by Crippen LogP contribution is 2.04. The van der Waals surface area contributed by atoms with Crippen LogP contribution in [0.4, 0.5) is 0 Å². The number of hydrogen-bond donors (Lipinski definition) is 0. The van der Waals surface area contributed by atoms with E-state index in [1.165, 1.54) is 18.9 Å². The molecule has 0 heterocycles. The fourth-order valence-electron chi connectivity index (χ4n) is 1.15. The normalized spacial score (nSPS) is 12.1. The molecule has 1 atom stereocenters. The fourth-order valence-corrected chi connectivity index (χ4v) is 1.15. The van der Waals surface area contributed by atoms with Gasteiger partial charge >= 0.3 is 5.97 Å². The monoisotopic (exact) mass is 214 g/mol. The van der Waals surface area contributed by atoms with E-state index in [4.69, 9.17) is 9.47 Å². The van der Waals surface area contributed by atoms with E-state index >= 15 is 0 Å². The molecule has 0 aromatic rings. The molecule has 0 spiro atoms. The zero-order valence-corrected chi connectivity index (χ0v) is 9.83. The Morgan fingerprint density at radius 3 is 2.73 bits per heavy atom. The summed E-state index contributed by atoms with van der Waals surface area (Å²) in [5.74, 6) is -0.367. The minimum Gasteiger partial charge on any atom is -0.462 e. The van der Waals surface area contributed by atoms with Crippen molar-refractivity contribution < 1.29 is 14.3 Å². The molecule has 0 fully saturated rings. The summed E-state index contributed by atoms with van der Waals surface area (Å²) in [6, 6.07) is 0. The van der Waals surface area contributed by atoms with E-state index in [2.05, 4.69) is 20.4 Å². The first-order chi connectivity index (χ1) is 7.20. The van der Waals surface area contributed by atoms with Gasteiger partial charge in [-0.25, -0.2) is 4.79 Å². The van der Waals surface area contributed by atoms with Crippen molar-refractivity contribution >= 4 is 5.97 Å². The Morgan fingerprint density at radius 1 is 1.40 bits per heavy atom. The topological polar surface area (TPSA) is 35.5 Å². The number of carbonyl (C=O) groups excluding carboxylic acids is 1. The molecule has 3 heteroatoms. The molecule has 15 heavy (non-hydrogen) atoms. The minimum absolute atomic E-state index is 0.306. The van der Waals surface area contributed by atoms with Crippen molar-refractivity contribution in [1.29, 1.82) is 0 Å². The Morgan fingerprint density at radius 2 is 2.13 bits per heavy atom. The van der Waals surface area contributed by atoms with Crippen molar-refractivity contribution in [3.63, 3.8) is 0 Å². The Hall–Kier alpha value is -0.830. The van der Waals surface area contributed by atoms with E-state index in [0.29, 0.717) is 19.3 Å². The van der Waals surface area contributed by atoms with Gasteiger partial charge in [0.25, 0.3) is 0 Å². The summed E-state index contributed by atoms with van der Waals surface area (Å²) in [6.45, 7) is 8.61. The summed E-state index contributed by atoms with van der Waals surface area (Å²) in [5.41, 5.74) is 0. The first-order valence-electron chi connectivity index (χ1n) is 5.61. The van der Waals surface area contributed by atoms with Crippen LogP contribution in [0.15, 0.2) is 12.7 Å². The van der Waals surface area contributed by atoms with Crippen LogP contribution in [0.25, 0.3) is 0 Å². The number of rotatable bonds is 9. The Balaban J connectivity index is 3.22. The lowest BCUT2D eigenvalue weighted by Gasteiger charge is -2.12. The van der Waals surface area contributed by atoms with Crippen LogP contribution in [-0.4, -0.2) is 25.3 Å². The highest BCUT2D eigenvalue weighted by molar-refractivity contribution is 5.81. The van der Waals surface area contributed by atoms with Crippen molar-refractivity contribution in [2.24, 2.45) is 0 Å². The van der Waals surface area contributed by atoms with Crippen molar-refractivity contribution in [2.45, 2.75) is 45.6 Å². The smallest absolute Gasteiger partial charge is 0.330 e. The Labute approximate surface area is 92.5 Å². The molecule has 0 aliphatic carbocycles. The summed E-state index contributed by atoms with van der Waals surface area (Å²) in [7, 11) is 0. The average Bonchev–Trinajstić information content (AvgIpc) is 2.25. The first-order valence-corrected chi connectivity index (χ1v) is 5.61. The summed E-state index contributed by atoms with van der Waals surface area (Å²) in [5, 5.41) is 0. The average molecular weight is 214 g/mol. The maximum absolute atomic E-state index is 10.7. The molecule has 88 valence electrons. The second kappa shape index (κ2) is 9.71. The van der Waals surface area contributed by atoms with E-state index < -0.39 is 0 Å². The quantitative estimate of drug-likeness (QED) is 0.336. The van der Waals surface area contributed by atoms with Crippen LogP contribution in [0.2, 0.25) is 0 Å². The summed E-state index contributed by atoms with van der Waals surface area (Å²) >= 11 is 0. The summed E-state index contributed by atoms with van der Waals surface area (Å²) in [4.78, 5) is 10.7. The summed E-state index contributed by atoms with van der Waals surface area (Å²) < 4.78 is 10.4. The minimum atomic E-state index is -0.367. The van der Waals surface area contributed by atoms with Gasteiger partial charge in [0.15, 0.2) is 0 Å². The molecular weight excluding hydrogens is 192 g/mol. The van der Waals surface area contributed by atoms with Gasteiger partial charge < -0.3 is 9.47 Å². The molecule has 3 nitrogen and oxygen atoms in total. The van der Waals surface area contributed by atoms with Gasteiger partial charge in [-0.2, -0.15) is 0 Å². The van der Waals surface area contributed by atoms with Gasteiger partial charge in [0, 0.05) is 12.5 Å². The van der Waals surface area contributed by atoms with Crippen LogP contribution < -0.4 is 0 Å². The van der Waals surface area contributed by atoms with Crippen LogP contribution in [0.3, 0.4) is 0 Å². The predicted molar refractivity (Wildman–Crippen MR) is 60.7 cm³/mol. The van der Waals surface area contributed by atoms with Gasteiger partial charge in [0.05, 0.1) is 19.3 Å². The number of carbonyl (C=O) groups is 1. The van der Waals surface area contributed by atoms with Crippen LogP contribution in [-0.2, 0) is 14.3 Å². The van der Waals surface area contributed by atoms with Gasteiger partial charge in [-0.3, -0.25) is 0 Å². The van der Waals surface area contributed by atoms with Gasteiger partial charge in [0.1, 0.15) is 0 Å². The standard InChI is InChI=1S/C12H22O3/c1-4-6-8-11(3)14-9-7-10-15-12(13)5-2/h5,11H,2,4,6-10H2,1,3H3. The van der Waals surface area contributed by atoms with E-state index in [9.17, 15) is 4.79 Å². The maximum atomic E-state index is 10.7. The molecule has 1 unspecified atom stereocenters. The molecule has 0 saturated carbocycles. The second-order valence-electron chi connectivity index (χ2n) is 3.55. The SMILES string of the molecule is C=CC(=O)OCCCOC(C)CCCC. The van der Waals surface area contributed by atoms with Crippen LogP contribution >= 0.6 is 0 Å². The summed E-state index contributed by atoms with van der Waals surface area (Å²) in [6.07, 6.45) is 5.72. The highest BCUT2D eigenvalue weighted by Gasteiger charge is 2.01. The zero-order chi connectivity index (χ0) is 11.5. The molecule has 0 rings (SSSR count). The molecule has 0 bridgehead atoms. The fraction of sp³-hybridized carbons (Fsp3) is 0.750. The van der Waals surface area contributed by atoms with Gasteiger partial charge in [-0.1, -0.05) is 26.3 Å². The largest absolute Gasteiger partial charge is 0.462 e. The lowest BCUT2D eigenvalue weighted by atomic mass is 10.2. The van der Waals surface area contributed by atoms with Gasteiger partial charge in [-0.15, -0.1) is 0 Å². The van der Waals surface area contributed by atoms with Crippen molar-refractivity contribution in [2.75, 3.05) is 13.2 Å². The van der Waals surface area contributed by atoms with Crippen molar-refractivity contribution in [1.82, 2.24) is 0 Å². The molecule has 0 N–H and O–H groups in total. The second-order valence-corrected chi connectivity index (χ2v) is 3.55. The number of hydrogen-bond acceptors (Lipinski definition) is 3. The molecule has 0 radical (unpaired) electrons. The third-order valence-corrected chi connectivity index (χ3v) is 2.07. The molecular formula is C12H22O3. The number of esters is 1.